The Morgan fingerprint density at radius 3 is 2.76 bits per heavy atom. The molecule has 1 aromatic heterocycles. The highest BCUT2D eigenvalue weighted by Gasteiger charge is 2.26. The normalized spacial score (nSPS) is 18.8. The second kappa shape index (κ2) is 11.7. The standard InChI is InChI=1S/C24H34N6O3S/c1-3-25-22(32)18-6-4-7-19(14-18)26-21(31)16-34-24-28-27-23(29-11-9-17(2)10-12-29)30(24)15-20-8-5-13-33-20/h4,6-7,14,17,20H,3,5,8-13,15-16H2,1-2H3,(H,25,32)(H,26,31). The van der Waals surface area contributed by atoms with Crippen molar-refractivity contribution in [2.24, 2.45) is 5.92 Å². The van der Waals surface area contributed by atoms with Gasteiger partial charge in [0.15, 0.2) is 5.16 Å². The highest BCUT2D eigenvalue weighted by molar-refractivity contribution is 7.99. The molecule has 9 nitrogen and oxygen atoms in total. The van der Waals surface area contributed by atoms with Crippen LogP contribution < -0.4 is 15.5 Å². The number of carbonyl (C=O) groups excluding carboxylic acids is 2. The van der Waals surface area contributed by atoms with Crippen molar-refractivity contribution < 1.29 is 14.3 Å². The van der Waals surface area contributed by atoms with Crippen molar-refractivity contribution >= 4 is 35.2 Å². The summed E-state index contributed by atoms with van der Waals surface area (Å²) in [5.41, 5.74) is 1.11. The predicted octanol–water partition coefficient (Wildman–Crippen LogP) is 3.17. The molecule has 0 bridgehead atoms. The average Bonchev–Trinajstić information content (AvgIpc) is 3.49. The van der Waals surface area contributed by atoms with E-state index in [9.17, 15) is 9.59 Å². The first-order valence-electron chi connectivity index (χ1n) is 12.1. The van der Waals surface area contributed by atoms with Crippen molar-refractivity contribution in [1.29, 1.82) is 0 Å². The van der Waals surface area contributed by atoms with Crippen LogP contribution in [0.2, 0.25) is 0 Å². The molecule has 10 heteroatoms. The van der Waals surface area contributed by atoms with E-state index in [1.807, 2.05) is 6.92 Å². The summed E-state index contributed by atoms with van der Waals surface area (Å²) in [7, 11) is 0. The quantitative estimate of drug-likeness (QED) is 0.525. The molecule has 184 valence electrons. The third kappa shape index (κ3) is 6.29. The van der Waals surface area contributed by atoms with E-state index in [-0.39, 0.29) is 23.7 Å². The van der Waals surface area contributed by atoms with Gasteiger partial charge in [0.2, 0.25) is 11.9 Å². The Morgan fingerprint density at radius 1 is 1.21 bits per heavy atom. The molecular weight excluding hydrogens is 452 g/mol. The molecule has 2 aliphatic heterocycles. The predicted molar refractivity (Wildman–Crippen MR) is 133 cm³/mol. The molecule has 3 heterocycles. The lowest BCUT2D eigenvalue weighted by Gasteiger charge is -2.31. The van der Waals surface area contributed by atoms with E-state index in [4.69, 9.17) is 4.74 Å². The number of ether oxygens (including phenoxy) is 1. The maximum absolute atomic E-state index is 12.7. The lowest BCUT2D eigenvalue weighted by Crippen LogP contribution is -2.35. The van der Waals surface area contributed by atoms with Gasteiger partial charge in [0, 0.05) is 37.5 Å². The van der Waals surface area contributed by atoms with Crippen LogP contribution in [0.5, 0.6) is 0 Å². The molecule has 2 N–H and O–H groups in total. The van der Waals surface area contributed by atoms with Gasteiger partial charge in [-0.25, -0.2) is 0 Å². The van der Waals surface area contributed by atoms with E-state index < -0.39 is 0 Å². The van der Waals surface area contributed by atoms with Crippen LogP contribution in [0, 0.1) is 5.92 Å². The molecule has 0 spiro atoms. The number of aromatic nitrogens is 3. The largest absolute Gasteiger partial charge is 0.376 e. The summed E-state index contributed by atoms with van der Waals surface area (Å²) >= 11 is 1.38. The van der Waals surface area contributed by atoms with Crippen molar-refractivity contribution in [1.82, 2.24) is 20.1 Å². The summed E-state index contributed by atoms with van der Waals surface area (Å²) in [5.74, 6) is 1.49. The fourth-order valence-electron chi connectivity index (χ4n) is 4.31. The summed E-state index contributed by atoms with van der Waals surface area (Å²) in [4.78, 5) is 27.0. The summed E-state index contributed by atoms with van der Waals surface area (Å²) in [5, 5.41) is 15.3. The van der Waals surface area contributed by atoms with E-state index in [0.717, 1.165) is 62.4 Å². The Hall–Kier alpha value is -2.59. The van der Waals surface area contributed by atoms with E-state index in [0.29, 0.717) is 24.3 Å². The molecule has 0 saturated carbocycles. The fraction of sp³-hybridized carbons (Fsp3) is 0.583. The van der Waals surface area contributed by atoms with Gasteiger partial charge in [-0.2, -0.15) is 0 Å². The van der Waals surface area contributed by atoms with Gasteiger partial charge in [0.1, 0.15) is 0 Å². The van der Waals surface area contributed by atoms with Gasteiger partial charge >= 0.3 is 0 Å². The smallest absolute Gasteiger partial charge is 0.251 e. The number of piperidine rings is 1. The van der Waals surface area contributed by atoms with E-state index in [1.54, 1.807) is 24.3 Å². The van der Waals surface area contributed by atoms with Gasteiger partial charge in [0.25, 0.3) is 5.91 Å². The molecule has 1 atom stereocenters. The summed E-state index contributed by atoms with van der Waals surface area (Å²) in [6.07, 6.45) is 4.55. The third-order valence-electron chi connectivity index (χ3n) is 6.25. The minimum atomic E-state index is -0.158. The van der Waals surface area contributed by atoms with Gasteiger partial charge in [-0.1, -0.05) is 24.8 Å². The molecular formula is C24H34N6O3S. The van der Waals surface area contributed by atoms with Crippen LogP contribution >= 0.6 is 11.8 Å². The third-order valence-corrected chi connectivity index (χ3v) is 7.22. The molecule has 2 fully saturated rings. The lowest BCUT2D eigenvalue weighted by atomic mass is 10.00. The summed E-state index contributed by atoms with van der Waals surface area (Å²) in [6.45, 7) is 8.15. The number of nitrogens with one attached hydrogen (secondary N) is 2. The van der Waals surface area contributed by atoms with Crippen LogP contribution in [0.15, 0.2) is 29.4 Å². The zero-order chi connectivity index (χ0) is 23.9. The summed E-state index contributed by atoms with van der Waals surface area (Å²) in [6, 6.07) is 6.95. The van der Waals surface area contributed by atoms with Crippen LogP contribution in [0.3, 0.4) is 0 Å². The Bertz CT molecular complexity index is 983. The average molecular weight is 487 g/mol. The van der Waals surface area contributed by atoms with Gasteiger partial charge < -0.3 is 20.3 Å². The molecule has 34 heavy (non-hydrogen) atoms. The van der Waals surface area contributed by atoms with Crippen LogP contribution in [0.4, 0.5) is 11.6 Å². The molecule has 2 saturated heterocycles. The van der Waals surface area contributed by atoms with E-state index in [2.05, 4.69) is 37.2 Å². The number of thioether (sulfide) groups is 1. The minimum absolute atomic E-state index is 0.155. The molecule has 0 aliphatic carbocycles. The number of hydrogen-bond donors (Lipinski definition) is 2. The van der Waals surface area contributed by atoms with Crippen molar-refractivity contribution in [3.8, 4) is 0 Å². The van der Waals surface area contributed by atoms with Crippen LogP contribution in [0.1, 0.15) is 49.9 Å². The molecule has 2 aliphatic rings. The van der Waals surface area contributed by atoms with Gasteiger partial charge in [0.05, 0.1) is 18.4 Å². The second-order valence-electron chi connectivity index (χ2n) is 8.97. The van der Waals surface area contributed by atoms with Crippen LogP contribution in [-0.4, -0.2) is 64.7 Å². The number of anilines is 2. The van der Waals surface area contributed by atoms with Crippen LogP contribution in [0.25, 0.3) is 0 Å². The number of rotatable bonds is 9. The monoisotopic (exact) mass is 486 g/mol. The number of hydrogen-bond acceptors (Lipinski definition) is 7. The Morgan fingerprint density at radius 2 is 2.03 bits per heavy atom. The first-order valence-corrected chi connectivity index (χ1v) is 13.1. The van der Waals surface area contributed by atoms with Gasteiger partial charge in [-0.15, -0.1) is 10.2 Å². The number of carbonyl (C=O) groups is 2. The molecule has 2 amide bonds. The zero-order valence-electron chi connectivity index (χ0n) is 20.0. The first kappa shape index (κ1) is 24.5. The van der Waals surface area contributed by atoms with Crippen molar-refractivity contribution in [2.75, 3.05) is 42.2 Å². The number of nitrogens with zero attached hydrogens (tertiary/aromatic N) is 4. The Labute approximate surface area is 205 Å². The Balaban J connectivity index is 1.41. The highest BCUT2D eigenvalue weighted by Crippen LogP contribution is 2.28. The molecule has 1 unspecified atom stereocenters. The van der Waals surface area contributed by atoms with E-state index >= 15 is 0 Å². The molecule has 0 radical (unpaired) electrons. The first-order chi connectivity index (χ1) is 16.5. The van der Waals surface area contributed by atoms with Crippen molar-refractivity contribution in [3.63, 3.8) is 0 Å². The van der Waals surface area contributed by atoms with Crippen molar-refractivity contribution in [3.05, 3.63) is 29.8 Å². The Kier molecular flexibility index (Phi) is 8.44. The number of amides is 2. The van der Waals surface area contributed by atoms with Gasteiger partial charge in [-0.05, 0) is 56.7 Å². The van der Waals surface area contributed by atoms with E-state index in [1.165, 1.54) is 11.8 Å². The minimum Gasteiger partial charge on any atom is -0.376 e. The maximum Gasteiger partial charge on any atom is 0.251 e. The van der Waals surface area contributed by atoms with Gasteiger partial charge in [-0.3, -0.25) is 14.2 Å². The second-order valence-corrected chi connectivity index (χ2v) is 9.92. The molecule has 1 aromatic carbocycles. The maximum atomic E-state index is 12.7. The fourth-order valence-corrected chi connectivity index (χ4v) is 5.05. The zero-order valence-corrected chi connectivity index (χ0v) is 20.8. The highest BCUT2D eigenvalue weighted by atomic mass is 32.2. The topological polar surface area (TPSA) is 101 Å². The van der Waals surface area contributed by atoms with Crippen molar-refractivity contribution in [2.45, 2.75) is 57.3 Å². The van der Waals surface area contributed by atoms with Crippen LogP contribution in [-0.2, 0) is 16.1 Å². The lowest BCUT2D eigenvalue weighted by molar-refractivity contribution is -0.113. The number of benzene rings is 1. The molecule has 2 aromatic rings. The SMILES string of the molecule is CCNC(=O)c1cccc(NC(=O)CSc2nnc(N3CCC(C)CC3)n2CC2CCCO2)c1. The molecule has 4 rings (SSSR count). The summed E-state index contributed by atoms with van der Waals surface area (Å²) < 4.78 is 8.00.